The number of benzene rings is 1. The van der Waals surface area contributed by atoms with Crippen molar-refractivity contribution in [3.63, 3.8) is 0 Å². The fourth-order valence-electron chi connectivity index (χ4n) is 1.62. The van der Waals surface area contributed by atoms with Gasteiger partial charge >= 0.3 is 0 Å². The number of halogens is 1. The Kier molecular flexibility index (Phi) is 2.35. The quantitative estimate of drug-likeness (QED) is 0.710. The van der Waals surface area contributed by atoms with E-state index >= 15 is 0 Å². The van der Waals surface area contributed by atoms with Gasteiger partial charge in [0.1, 0.15) is 5.75 Å². The maximum absolute atomic E-state index is 9.67. The average molecular weight is 211 g/mol. The first-order valence-corrected chi connectivity index (χ1v) is 4.79. The van der Waals surface area contributed by atoms with Gasteiger partial charge in [0.05, 0.1) is 10.5 Å². The van der Waals surface area contributed by atoms with Gasteiger partial charge in [-0.2, -0.15) is 0 Å². The summed E-state index contributed by atoms with van der Waals surface area (Å²) < 4.78 is 0. The maximum atomic E-state index is 9.67. The molecule has 1 aromatic carbocycles. The molecule has 0 bridgehead atoms. The van der Waals surface area contributed by atoms with E-state index in [1.54, 1.807) is 12.1 Å². The van der Waals surface area contributed by atoms with Crippen LogP contribution in [0.15, 0.2) is 18.3 Å². The number of H-pyrrole nitrogens is 1. The highest BCUT2D eigenvalue weighted by molar-refractivity contribution is 6.35. The predicted octanol–water partition coefficient (Wildman–Crippen LogP) is 2.03. The molecule has 0 saturated carbocycles. The average Bonchev–Trinajstić information content (AvgIpc) is 2.58. The molecule has 1 heterocycles. The van der Waals surface area contributed by atoms with Gasteiger partial charge in [-0.1, -0.05) is 11.6 Å². The molecular weight excluding hydrogens is 200 g/mol. The lowest BCUT2D eigenvalue weighted by molar-refractivity contribution is 0.481. The molecule has 0 radical (unpaired) electrons. The number of nitrogens with one attached hydrogen (secondary N) is 1. The summed E-state index contributed by atoms with van der Waals surface area (Å²) in [5.74, 6) is 0.245. The number of nitrogens with two attached hydrogens (primary N) is 1. The molecule has 0 aliphatic rings. The number of phenolic OH excluding ortho intramolecular Hbond substituents is 1. The van der Waals surface area contributed by atoms with E-state index in [0.29, 0.717) is 11.6 Å². The molecule has 0 amide bonds. The van der Waals surface area contributed by atoms with Gasteiger partial charge in [-0.05, 0) is 30.7 Å². The van der Waals surface area contributed by atoms with Crippen LogP contribution < -0.4 is 5.73 Å². The van der Waals surface area contributed by atoms with E-state index in [2.05, 4.69) is 4.98 Å². The number of hydrogen-bond donors (Lipinski definition) is 3. The molecule has 4 N–H and O–H groups in total. The Bertz CT molecular complexity index is 464. The Morgan fingerprint density at radius 2 is 2.21 bits per heavy atom. The Morgan fingerprint density at radius 3 is 2.93 bits per heavy atom. The molecule has 4 heteroatoms. The van der Waals surface area contributed by atoms with Crippen molar-refractivity contribution in [2.45, 2.75) is 6.42 Å². The molecule has 0 atom stereocenters. The third-order valence-corrected chi connectivity index (χ3v) is 2.57. The Morgan fingerprint density at radius 1 is 1.43 bits per heavy atom. The molecule has 2 aromatic rings. The van der Waals surface area contributed by atoms with Crippen molar-refractivity contribution in [1.82, 2.24) is 4.98 Å². The molecule has 14 heavy (non-hydrogen) atoms. The summed E-state index contributed by atoms with van der Waals surface area (Å²) in [5.41, 5.74) is 7.25. The molecule has 0 unspecified atom stereocenters. The van der Waals surface area contributed by atoms with E-state index in [-0.39, 0.29) is 5.75 Å². The van der Waals surface area contributed by atoms with Crippen LogP contribution in [0.4, 0.5) is 0 Å². The van der Waals surface area contributed by atoms with Crippen molar-refractivity contribution in [3.05, 3.63) is 28.9 Å². The van der Waals surface area contributed by atoms with E-state index in [1.165, 1.54) is 0 Å². The lowest BCUT2D eigenvalue weighted by atomic mass is 10.1. The van der Waals surface area contributed by atoms with Crippen LogP contribution in [0.25, 0.3) is 10.9 Å². The van der Waals surface area contributed by atoms with Crippen LogP contribution in [0.2, 0.25) is 5.02 Å². The zero-order valence-corrected chi connectivity index (χ0v) is 8.30. The van der Waals surface area contributed by atoms with E-state index in [0.717, 1.165) is 22.9 Å². The summed E-state index contributed by atoms with van der Waals surface area (Å²) >= 11 is 5.97. The third kappa shape index (κ3) is 1.35. The van der Waals surface area contributed by atoms with Crippen molar-refractivity contribution in [3.8, 4) is 5.75 Å². The highest BCUT2D eigenvalue weighted by Gasteiger charge is 2.09. The summed E-state index contributed by atoms with van der Waals surface area (Å²) in [5, 5.41) is 11.1. The summed E-state index contributed by atoms with van der Waals surface area (Å²) in [4.78, 5) is 3.03. The van der Waals surface area contributed by atoms with Crippen molar-refractivity contribution < 1.29 is 5.11 Å². The minimum atomic E-state index is 0.245. The number of aromatic hydroxyl groups is 1. The second-order valence-corrected chi connectivity index (χ2v) is 3.58. The normalized spacial score (nSPS) is 11.0. The molecule has 0 spiro atoms. The van der Waals surface area contributed by atoms with E-state index in [1.807, 2.05) is 6.20 Å². The van der Waals surface area contributed by atoms with Crippen molar-refractivity contribution in [2.24, 2.45) is 5.73 Å². The van der Waals surface area contributed by atoms with Crippen molar-refractivity contribution >= 4 is 22.5 Å². The molecule has 3 nitrogen and oxygen atoms in total. The highest BCUT2D eigenvalue weighted by Crippen LogP contribution is 2.32. The number of rotatable bonds is 2. The number of aromatic nitrogens is 1. The maximum Gasteiger partial charge on any atom is 0.125 e. The first-order chi connectivity index (χ1) is 6.74. The van der Waals surface area contributed by atoms with E-state index in [4.69, 9.17) is 17.3 Å². The van der Waals surface area contributed by atoms with Crippen LogP contribution in [0.1, 0.15) is 5.56 Å². The zero-order valence-electron chi connectivity index (χ0n) is 7.55. The molecule has 0 saturated heterocycles. The van der Waals surface area contributed by atoms with Crippen LogP contribution in [-0.2, 0) is 6.42 Å². The summed E-state index contributed by atoms with van der Waals surface area (Å²) in [6, 6.07) is 3.26. The van der Waals surface area contributed by atoms with Gasteiger partial charge in [0, 0.05) is 11.6 Å². The zero-order chi connectivity index (χ0) is 10.1. The Hall–Kier alpha value is -1.19. The first kappa shape index (κ1) is 9.37. The largest absolute Gasteiger partial charge is 0.507 e. The lowest BCUT2D eigenvalue weighted by Crippen LogP contribution is -2.01. The Balaban J connectivity index is 2.70. The molecule has 1 aromatic heterocycles. The number of hydrogen-bond acceptors (Lipinski definition) is 2. The van der Waals surface area contributed by atoms with Gasteiger partial charge in [0.15, 0.2) is 0 Å². The number of phenols is 1. The van der Waals surface area contributed by atoms with Crippen LogP contribution in [0.5, 0.6) is 5.75 Å². The predicted molar refractivity (Wildman–Crippen MR) is 57.7 cm³/mol. The molecular formula is C10H11ClN2O. The summed E-state index contributed by atoms with van der Waals surface area (Å²) in [6.45, 7) is 0.554. The fraction of sp³-hybridized carbons (Fsp3) is 0.200. The van der Waals surface area contributed by atoms with E-state index < -0.39 is 0 Å². The smallest absolute Gasteiger partial charge is 0.125 e. The van der Waals surface area contributed by atoms with E-state index in [9.17, 15) is 5.11 Å². The van der Waals surface area contributed by atoms with Gasteiger partial charge in [-0.15, -0.1) is 0 Å². The van der Waals surface area contributed by atoms with Crippen LogP contribution in [0.3, 0.4) is 0 Å². The van der Waals surface area contributed by atoms with Crippen LogP contribution in [-0.4, -0.2) is 16.6 Å². The molecule has 0 aliphatic heterocycles. The Labute approximate surface area is 86.5 Å². The molecule has 0 fully saturated rings. The SMILES string of the molecule is NCCc1c[nH]c2c(Cl)ccc(O)c12. The molecule has 2 rings (SSSR count). The standard InChI is InChI=1S/C10H11ClN2O/c11-7-1-2-8(14)9-6(3-4-12)5-13-10(7)9/h1-2,5,13-14H,3-4,12H2. The number of fused-ring (bicyclic) bond motifs is 1. The first-order valence-electron chi connectivity index (χ1n) is 4.41. The van der Waals surface area contributed by atoms with Gasteiger partial charge in [-0.25, -0.2) is 0 Å². The van der Waals surface area contributed by atoms with Crippen LogP contribution in [0, 0.1) is 0 Å². The topological polar surface area (TPSA) is 62.0 Å². The van der Waals surface area contributed by atoms with Crippen LogP contribution >= 0.6 is 11.6 Å². The second kappa shape index (κ2) is 3.52. The minimum Gasteiger partial charge on any atom is -0.507 e. The lowest BCUT2D eigenvalue weighted by Gasteiger charge is -2.00. The summed E-state index contributed by atoms with van der Waals surface area (Å²) in [6.07, 6.45) is 2.57. The van der Waals surface area contributed by atoms with Gasteiger partial charge in [0.25, 0.3) is 0 Å². The van der Waals surface area contributed by atoms with Crippen molar-refractivity contribution in [2.75, 3.05) is 6.54 Å². The summed E-state index contributed by atoms with van der Waals surface area (Å²) in [7, 11) is 0. The van der Waals surface area contributed by atoms with Gasteiger partial charge < -0.3 is 15.8 Å². The third-order valence-electron chi connectivity index (χ3n) is 2.26. The highest BCUT2D eigenvalue weighted by atomic mass is 35.5. The second-order valence-electron chi connectivity index (χ2n) is 3.17. The van der Waals surface area contributed by atoms with Crippen molar-refractivity contribution in [1.29, 1.82) is 0 Å². The molecule has 0 aliphatic carbocycles. The monoisotopic (exact) mass is 210 g/mol. The van der Waals surface area contributed by atoms with Gasteiger partial charge in [-0.3, -0.25) is 0 Å². The fourth-order valence-corrected chi connectivity index (χ4v) is 1.83. The number of aromatic amines is 1. The van der Waals surface area contributed by atoms with Gasteiger partial charge in [0.2, 0.25) is 0 Å². The molecule has 74 valence electrons. The minimum absolute atomic E-state index is 0.245.